The molecule has 0 spiro atoms. The van der Waals surface area contributed by atoms with Gasteiger partial charge in [-0.2, -0.15) is 8.78 Å². The van der Waals surface area contributed by atoms with Crippen LogP contribution < -0.4 is 10.5 Å². The Hall–Kier alpha value is -1.70. The van der Waals surface area contributed by atoms with Crippen LogP contribution in [0.5, 0.6) is 5.75 Å². The Morgan fingerprint density at radius 2 is 2.12 bits per heavy atom. The normalized spacial score (nSPS) is 19.6. The maximum atomic E-state index is 12.8. The molecule has 0 saturated carbocycles. The maximum absolute atomic E-state index is 12.8. The summed E-state index contributed by atoms with van der Waals surface area (Å²) in [6.07, 6.45) is 0.535. The third-order valence-electron chi connectivity index (χ3n) is 4.36. The standard InChI is InChI=1S/C17H13BrClF2N3O/c18-9-2-1-3-14(25-17(20)21)15(9)13-7-10(22)16-23-11-5-4-8(19)6-12(11)24(13)16/h1-6,10,13,17H,7,22H2. The molecule has 130 valence electrons. The van der Waals surface area contributed by atoms with Gasteiger partial charge in [0.1, 0.15) is 11.6 Å². The molecule has 0 amide bonds. The zero-order valence-electron chi connectivity index (χ0n) is 12.8. The van der Waals surface area contributed by atoms with Gasteiger partial charge in [0.2, 0.25) is 0 Å². The first kappa shape index (κ1) is 16.8. The first-order valence-electron chi connectivity index (χ1n) is 7.62. The molecule has 1 aliphatic heterocycles. The van der Waals surface area contributed by atoms with Crippen molar-refractivity contribution in [2.45, 2.75) is 25.1 Å². The predicted octanol–water partition coefficient (Wildman–Crippen LogP) is 5.05. The summed E-state index contributed by atoms with van der Waals surface area (Å²) >= 11 is 9.59. The molecule has 1 aromatic heterocycles. The number of aromatic nitrogens is 2. The van der Waals surface area contributed by atoms with E-state index in [-0.39, 0.29) is 17.8 Å². The summed E-state index contributed by atoms with van der Waals surface area (Å²) in [5.41, 5.74) is 8.46. The van der Waals surface area contributed by atoms with Gasteiger partial charge < -0.3 is 15.0 Å². The highest BCUT2D eigenvalue weighted by molar-refractivity contribution is 9.10. The minimum Gasteiger partial charge on any atom is -0.434 e. The highest BCUT2D eigenvalue weighted by Crippen LogP contribution is 2.45. The number of halogens is 4. The van der Waals surface area contributed by atoms with E-state index in [0.29, 0.717) is 27.3 Å². The fraction of sp³-hybridized carbons (Fsp3) is 0.235. The molecule has 2 atom stereocenters. The summed E-state index contributed by atoms with van der Waals surface area (Å²) in [5.74, 6) is 0.833. The minimum absolute atomic E-state index is 0.123. The summed E-state index contributed by atoms with van der Waals surface area (Å²) in [4.78, 5) is 4.59. The van der Waals surface area contributed by atoms with Crippen LogP contribution in [-0.2, 0) is 0 Å². The van der Waals surface area contributed by atoms with Gasteiger partial charge in [-0.15, -0.1) is 0 Å². The molecule has 2 N–H and O–H groups in total. The zero-order chi connectivity index (χ0) is 17.7. The largest absolute Gasteiger partial charge is 0.434 e. The Bertz CT molecular complexity index is 962. The highest BCUT2D eigenvalue weighted by Gasteiger charge is 2.35. The molecule has 0 radical (unpaired) electrons. The van der Waals surface area contributed by atoms with Gasteiger partial charge >= 0.3 is 6.61 Å². The lowest BCUT2D eigenvalue weighted by Gasteiger charge is -2.20. The lowest BCUT2D eigenvalue weighted by Crippen LogP contribution is -2.11. The predicted molar refractivity (Wildman–Crippen MR) is 95.2 cm³/mol. The number of imidazole rings is 1. The van der Waals surface area contributed by atoms with Crippen molar-refractivity contribution in [2.75, 3.05) is 0 Å². The average molecular weight is 429 g/mol. The topological polar surface area (TPSA) is 53.1 Å². The van der Waals surface area contributed by atoms with Crippen molar-refractivity contribution in [3.05, 3.63) is 57.3 Å². The fourth-order valence-electron chi connectivity index (χ4n) is 3.41. The van der Waals surface area contributed by atoms with E-state index >= 15 is 0 Å². The van der Waals surface area contributed by atoms with Gasteiger partial charge in [0.25, 0.3) is 0 Å². The molecule has 25 heavy (non-hydrogen) atoms. The summed E-state index contributed by atoms with van der Waals surface area (Å²) < 4.78 is 33.1. The van der Waals surface area contributed by atoms with Crippen molar-refractivity contribution in [3.63, 3.8) is 0 Å². The first-order valence-corrected chi connectivity index (χ1v) is 8.79. The molecule has 8 heteroatoms. The van der Waals surface area contributed by atoms with E-state index < -0.39 is 6.61 Å². The van der Waals surface area contributed by atoms with E-state index in [9.17, 15) is 8.78 Å². The van der Waals surface area contributed by atoms with E-state index in [2.05, 4.69) is 20.9 Å². The molecule has 2 heterocycles. The number of nitrogens with two attached hydrogens (primary N) is 1. The van der Waals surface area contributed by atoms with Gasteiger partial charge in [0, 0.05) is 15.1 Å². The summed E-state index contributed by atoms with van der Waals surface area (Å²) in [6.45, 7) is -2.91. The lowest BCUT2D eigenvalue weighted by atomic mass is 10.0. The van der Waals surface area contributed by atoms with Gasteiger partial charge in [-0.05, 0) is 36.8 Å². The molecule has 3 aromatic rings. The van der Waals surface area contributed by atoms with E-state index in [1.807, 2.05) is 16.7 Å². The second-order valence-corrected chi connectivity index (χ2v) is 7.15. The van der Waals surface area contributed by atoms with Gasteiger partial charge in [-0.25, -0.2) is 4.98 Å². The zero-order valence-corrected chi connectivity index (χ0v) is 15.1. The Morgan fingerprint density at radius 3 is 2.88 bits per heavy atom. The number of hydrogen-bond donors (Lipinski definition) is 1. The lowest BCUT2D eigenvalue weighted by molar-refractivity contribution is -0.0507. The fourth-order valence-corrected chi connectivity index (χ4v) is 4.19. The van der Waals surface area contributed by atoms with Gasteiger partial charge in [-0.3, -0.25) is 0 Å². The third-order valence-corrected chi connectivity index (χ3v) is 5.29. The number of hydrogen-bond acceptors (Lipinski definition) is 3. The molecular formula is C17H13BrClF2N3O. The van der Waals surface area contributed by atoms with E-state index in [4.69, 9.17) is 22.1 Å². The summed E-state index contributed by atoms with van der Waals surface area (Å²) in [7, 11) is 0. The van der Waals surface area contributed by atoms with Gasteiger partial charge in [0.15, 0.2) is 0 Å². The van der Waals surface area contributed by atoms with E-state index in [1.54, 1.807) is 18.2 Å². The molecule has 0 aliphatic carbocycles. The van der Waals surface area contributed by atoms with Gasteiger partial charge in [0.05, 0.1) is 23.1 Å². The van der Waals surface area contributed by atoms with Crippen LogP contribution in [0.1, 0.15) is 29.9 Å². The quantitative estimate of drug-likeness (QED) is 0.635. The van der Waals surface area contributed by atoms with Crippen LogP contribution >= 0.6 is 27.5 Å². The van der Waals surface area contributed by atoms with E-state index in [1.165, 1.54) is 6.07 Å². The SMILES string of the molecule is NC1CC(c2c(Br)cccc2OC(F)F)n2c1nc1ccc(Cl)cc12. The third kappa shape index (κ3) is 2.80. The van der Waals surface area contributed by atoms with Gasteiger partial charge in [-0.1, -0.05) is 33.6 Å². The van der Waals surface area contributed by atoms with Crippen molar-refractivity contribution in [1.82, 2.24) is 9.55 Å². The molecule has 0 saturated heterocycles. The molecule has 2 aromatic carbocycles. The minimum atomic E-state index is -2.91. The van der Waals surface area contributed by atoms with Crippen molar-refractivity contribution < 1.29 is 13.5 Å². The highest BCUT2D eigenvalue weighted by atomic mass is 79.9. The maximum Gasteiger partial charge on any atom is 0.387 e. The molecule has 4 nitrogen and oxygen atoms in total. The molecular weight excluding hydrogens is 416 g/mol. The van der Waals surface area contributed by atoms with Crippen molar-refractivity contribution >= 4 is 38.6 Å². The second kappa shape index (κ2) is 6.23. The number of ether oxygens (including phenoxy) is 1. The summed E-state index contributed by atoms with van der Waals surface area (Å²) in [5, 5.41) is 0.575. The Labute approximate surface area is 155 Å². The summed E-state index contributed by atoms with van der Waals surface area (Å²) in [6, 6.07) is 9.79. The number of alkyl halides is 2. The van der Waals surface area contributed by atoms with Crippen LogP contribution in [0.4, 0.5) is 8.78 Å². The Balaban J connectivity index is 1.93. The van der Waals surface area contributed by atoms with Crippen molar-refractivity contribution in [2.24, 2.45) is 5.73 Å². The van der Waals surface area contributed by atoms with Crippen LogP contribution in [-0.4, -0.2) is 16.2 Å². The molecule has 2 unspecified atom stereocenters. The second-order valence-electron chi connectivity index (χ2n) is 5.86. The van der Waals surface area contributed by atoms with E-state index in [0.717, 1.165) is 11.0 Å². The monoisotopic (exact) mass is 427 g/mol. The number of benzene rings is 2. The number of rotatable bonds is 3. The van der Waals surface area contributed by atoms with Crippen molar-refractivity contribution in [3.8, 4) is 5.75 Å². The van der Waals surface area contributed by atoms with Crippen LogP contribution in [0.15, 0.2) is 40.9 Å². The van der Waals surface area contributed by atoms with Crippen LogP contribution in [0, 0.1) is 0 Å². The molecule has 4 rings (SSSR count). The van der Waals surface area contributed by atoms with Crippen molar-refractivity contribution in [1.29, 1.82) is 0 Å². The molecule has 0 bridgehead atoms. The first-order chi connectivity index (χ1) is 12.0. The van der Waals surface area contributed by atoms with Crippen LogP contribution in [0.3, 0.4) is 0 Å². The Kier molecular flexibility index (Phi) is 4.17. The van der Waals surface area contributed by atoms with Crippen LogP contribution in [0.2, 0.25) is 5.02 Å². The molecule has 0 fully saturated rings. The van der Waals surface area contributed by atoms with Crippen LogP contribution in [0.25, 0.3) is 11.0 Å². The number of fused-ring (bicyclic) bond motifs is 3. The number of nitrogens with zero attached hydrogens (tertiary/aromatic N) is 2. The smallest absolute Gasteiger partial charge is 0.387 e. The molecule has 1 aliphatic rings. The average Bonchev–Trinajstić information content (AvgIpc) is 3.05. The Morgan fingerprint density at radius 1 is 1.32 bits per heavy atom.